The van der Waals surface area contributed by atoms with E-state index in [0.29, 0.717) is 16.9 Å². The van der Waals surface area contributed by atoms with Gasteiger partial charge in [-0.15, -0.1) is 0 Å². The number of rotatable bonds is 8. The summed E-state index contributed by atoms with van der Waals surface area (Å²) in [6, 6.07) is 17.3. The third-order valence-corrected chi connectivity index (χ3v) is 7.35. The van der Waals surface area contributed by atoms with E-state index < -0.39 is 23.4 Å². The Bertz CT molecular complexity index is 1910. The molecule has 6 rings (SSSR count). The maximum absolute atomic E-state index is 15.5. The summed E-state index contributed by atoms with van der Waals surface area (Å²) >= 11 is 0. The highest BCUT2D eigenvalue weighted by molar-refractivity contribution is 5.92. The number of aromatic nitrogens is 3. The maximum Gasteiger partial charge on any atom is 0.335 e. The molecule has 1 saturated heterocycles. The zero-order valence-electron chi connectivity index (χ0n) is 22.7. The zero-order valence-corrected chi connectivity index (χ0v) is 22.7. The summed E-state index contributed by atoms with van der Waals surface area (Å²) in [4.78, 5) is 20.5. The Labute approximate surface area is 244 Å². The fourth-order valence-corrected chi connectivity index (χ4v) is 5.20. The Kier molecular flexibility index (Phi) is 7.42. The summed E-state index contributed by atoms with van der Waals surface area (Å²) in [5.41, 5.74) is 1.81. The molecule has 1 aliphatic rings. The number of aromatic carboxylic acids is 1. The lowest BCUT2D eigenvalue weighted by Crippen LogP contribution is -2.32. The minimum atomic E-state index is -1.06. The summed E-state index contributed by atoms with van der Waals surface area (Å²) in [6.07, 6.45) is 1.88. The van der Waals surface area contributed by atoms with E-state index in [4.69, 9.17) is 10.00 Å². The van der Waals surface area contributed by atoms with Crippen molar-refractivity contribution >= 4 is 17.0 Å². The van der Waals surface area contributed by atoms with Crippen LogP contribution >= 0.6 is 0 Å². The molecule has 0 atom stereocenters. The smallest absolute Gasteiger partial charge is 0.335 e. The van der Waals surface area contributed by atoms with Gasteiger partial charge in [0.15, 0.2) is 0 Å². The van der Waals surface area contributed by atoms with Gasteiger partial charge >= 0.3 is 5.97 Å². The summed E-state index contributed by atoms with van der Waals surface area (Å²) < 4.78 is 52.6. The van der Waals surface area contributed by atoms with Crippen molar-refractivity contribution in [3.8, 4) is 23.2 Å². The van der Waals surface area contributed by atoms with Crippen LogP contribution < -0.4 is 9.75 Å². The second-order valence-electron chi connectivity index (χ2n) is 10.2. The molecule has 3 aromatic carbocycles. The van der Waals surface area contributed by atoms with E-state index in [1.54, 1.807) is 18.2 Å². The monoisotopic (exact) mass is 583 g/mol. The third kappa shape index (κ3) is 5.59. The summed E-state index contributed by atoms with van der Waals surface area (Å²) in [5.74, 6) is -2.46. The van der Waals surface area contributed by atoms with Gasteiger partial charge in [0.1, 0.15) is 29.9 Å². The number of ether oxygens (including phenoxy) is 1. The number of pyridine rings is 1. The summed E-state index contributed by atoms with van der Waals surface area (Å²) in [5, 5.41) is 20.4. The molecule has 0 spiro atoms. The maximum atomic E-state index is 15.5. The Morgan fingerprint density at radius 1 is 0.930 bits per heavy atom. The molecule has 0 radical (unpaired) electrons. The molecule has 216 valence electrons. The van der Waals surface area contributed by atoms with Gasteiger partial charge in [0.2, 0.25) is 5.88 Å². The summed E-state index contributed by atoms with van der Waals surface area (Å²) in [6.45, 7) is 1.29. The first-order chi connectivity index (χ1) is 20.8. The van der Waals surface area contributed by atoms with Crippen LogP contribution in [0, 0.1) is 28.8 Å². The molecule has 0 bridgehead atoms. The number of carboxylic acid groups (broad SMARTS) is 1. The molecule has 43 heavy (non-hydrogen) atoms. The molecule has 0 aliphatic carbocycles. The Morgan fingerprint density at radius 2 is 1.72 bits per heavy atom. The average Bonchev–Trinajstić information content (AvgIpc) is 3.65. The van der Waals surface area contributed by atoms with Crippen LogP contribution in [0.25, 0.3) is 22.3 Å². The molecular weight excluding hydrogens is 559 g/mol. The Morgan fingerprint density at radius 3 is 2.47 bits per heavy atom. The van der Waals surface area contributed by atoms with Crippen molar-refractivity contribution in [1.29, 1.82) is 5.26 Å². The van der Waals surface area contributed by atoms with Crippen molar-refractivity contribution in [2.24, 2.45) is 0 Å². The molecule has 1 aliphatic heterocycles. The molecule has 0 amide bonds. The predicted octanol–water partition coefficient (Wildman–Crippen LogP) is 5.99. The Hall–Kier alpha value is -5.37. The van der Waals surface area contributed by atoms with Gasteiger partial charge in [-0.25, -0.2) is 32.6 Å². The zero-order chi connectivity index (χ0) is 30.1. The highest BCUT2D eigenvalue weighted by Gasteiger charge is 2.23. The first-order valence-corrected chi connectivity index (χ1v) is 13.6. The lowest BCUT2D eigenvalue weighted by atomic mass is 10.0. The Balaban J connectivity index is 1.28. The highest BCUT2D eigenvalue weighted by atomic mass is 19.1. The van der Waals surface area contributed by atoms with E-state index in [1.807, 2.05) is 15.8 Å². The van der Waals surface area contributed by atoms with Crippen LogP contribution in [0.1, 0.15) is 45.7 Å². The second-order valence-corrected chi connectivity index (χ2v) is 10.2. The van der Waals surface area contributed by atoms with Crippen molar-refractivity contribution in [3.05, 3.63) is 112 Å². The molecule has 5 aromatic rings. The molecule has 1 N–H and O–H groups in total. The minimum Gasteiger partial charge on any atom is -0.478 e. The lowest BCUT2D eigenvalue weighted by molar-refractivity contribution is 0.0697. The number of nitriles is 1. The molecule has 11 heteroatoms. The van der Waals surface area contributed by atoms with Gasteiger partial charge in [0.05, 0.1) is 33.9 Å². The number of imidazole rings is 1. The van der Waals surface area contributed by atoms with Gasteiger partial charge in [-0.2, -0.15) is 5.26 Å². The quantitative estimate of drug-likeness (QED) is 0.239. The van der Waals surface area contributed by atoms with Crippen LogP contribution in [0.4, 0.5) is 13.2 Å². The van der Waals surface area contributed by atoms with Gasteiger partial charge in [-0.05, 0) is 66.9 Å². The van der Waals surface area contributed by atoms with E-state index >= 15 is 8.78 Å². The van der Waals surface area contributed by atoms with Gasteiger partial charge in [-0.1, -0.05) is 12.1 Å². The van der Waals surface area contributed by atoms with E-state index in [-0.39, 0.29) is 52.4 Å². The molecule has 2 aromatic heterocycles. The van der Waals surface area contributed by atoms with Crippen molar-refractivity contribution in [1.82, 2.24) is 14.6 Å². The molecule has 1 fully saturated rings. The van der Waals surface area contributed by atoms with Gasteiger partial charge in [-0.3, -0.25) is 0 Å². The summed E-state index contributed by atoms with van der Waals surface area (Å²) in [7, 11) is 0. The third-order valence-electron chi connectivity index (χ3n) is 7.35. The highest BCUT2D eigenvalue weighted by Crippen LogP contribution is 2.29. The van der Waals surface area contributed by atoms with Crippen molar-refractivity contribution in [2.75, 3.05) is 18.1 Å². The number of carboxylic acids is 1. The van der Waals surface area contributed by atoms with E-state index in [9.17, 15) is 14.3 Å². The van der Waals surface area contributed by atoms with Gasteiger partial charge < -0.3 is 14.9 Å². The lowest BCUT2D eigenvalue weighted by Gasteiger charge is -2.22. The van der Waals surface area contributed by atoms with Crippen molar-refractivity contribution in [3.63, 3.8) is 0 Å². The first-order valence-electron chi connectivity index (χ1n) is 13.6. The second kappa shape index (κ2) is 11.5. The average molecular weight is 584 g/mol. The largest absolute Gasteiger partial charge is 0.478 e. The number of nitrogens with zero attached hydrogens (tertiary/aromatic N) is 5. The fourth-order valence-electron chi connectivity index (χ4n) is 5.20. The van der Waals surface area contributed by atoms with Crippen LogP contribution in [-0.2, 0) is 13.0 Å². The topological polar surface area (TPSA) is 104 Å². The molecular formula is C32H24F3N5O3. The molecule has 0 unspecified atom stereocenters. The van der Waals surface area contributed by atoms with E-state index in [0.717, 1.165) is 44.1 Å². The number of halogens is 3. The number of benzene rings is 3. The fraction of sp³-hybridized carbons (Fsp3) is 0.188. The van der Waals surface area contributed by atoms with E-state index in [1.165, 1.54) is 30.3 Å². The van der Waals surface area contributed by atoms with E-state index in [2.05, 4.69) is 9.97 Å². The van der Waals surface area contributed by atoms with Crippen LogP contribution in [-0.4, -0.2) is 38.8 Å². The van der Waals surface area contributed by atoms with Crippen LogP contribution in [0.15, 0.2) is 66.7 Å². The number of fused-ring (bicyclic) bond motifs is 1. The normalized spacial score (nSPS) is 12.9. The van der Waals surface area contributed by atoms with Crippen molar-refractivity contribution in [2.45, 2.75) is 25.9 Å². The molecule has 3 heterocycles. The first kappa shape index (κ1) is 27.8. The number of hydrogen-bond donors (Lipinski definition) is 1. The minimum absolute atomic E-state index is 0.0245. The van der Waals surface area contributed by atoms with Crippen LogP contribution in [0.3, 0.4) is 0 Å². The van der Waals surface area contributed by atoms with Gasteiger partial charge in [0, 0.05) is 36.7 Å². The van der Waals surface area contributed by atoms with Gasteiger partial charge in [0.25, 0.3) is 0 Å². The van der Waals surface area contributed by atoms with Crippen LogP contribution in [0.2, 0.25) is 0 Å². The number of hydrogen-bond acceptors (Lipinski definition) is 6. The standard InChI is InChI=1S/C32H24F3N5O3/c33-24-12-19(17-36)6-7-21(24)18-43-31-5-3-4-27(38-31)23-16-25(34)22(13-26(23)35)15-30-37-28-9-8-20(32(41)42)14-29(28)40(30)39-10-1-2-11-39/h3-9,12-14,16H,1-2,10-11,15,18H2,(H,41,42). The van der Waals surface area contributed by atoms with Crippen molar-refractivity contribution < 1.29 is 27.8 Å². The van der Waals surface area contributed by atoms with Crippen LogP contribution in [0.5, 0.6) is 5.88 Å². The SMILES string of the molecule is N#Cc1ccc(COc2cccc(-c3cc(F)c(Cc4nc5ccc(C(=O)O)cc5n4N4CCCC4)cc3F)n2)c(F)c1. The number of carbonyl (C=O) groups is 1. The molecule has 0 saturated carbocycles. The molecule has 8 nitrogen and oxygen atoms in total. The predicted molar refractivity (Wildman–Crippen MR) is 152 cm³/mol.